The highest BCUT2D eigenvalue weighted by atomic mass is 16.8. The molecule has 5 atom stereocenters. The second kappa shape index (κ2) is 8.74. The van der Waals surface area contributed by atoms with Crippen molar-refractivity contribution in [2.45, 2.75) is 95.8 Å². The molecule has 0 aromatic carbocycles. The highest BCUT2D eigenvalue weighted by Gasteiger charge is 2.56. The van der Waals surface area contributed by atoms with E-state index in [-0.39, 0.29) is 12.7 Å². The van der Waals surface area contributed by atoms with Gasteiger partial charge in [0.1, 0.15) is 24.4 Å². The zero-order valence-corrected chi connectivity index (χ0v) is 14.6. The Labute approximate surface area is 139 Å². The first-order valence-corrected chi connectivity index (χ1v) is 8.90. The van der Waals surface area contributed by atoms with Crippen molar-refractivity contribution in [3.05, 3.63) is 0 Å². The lowest BCUT2D eigenvalue weighted by molar-refractivity contribution is -0.231. The molecule has 0 amide bonds. The van der Waals surface area contributed by atoms with Crippen LogP contribution in [0.2, 0.25) is 0 Å². The van der Waals surface area contributed by atoms with Crippen LogP contribution >= 0.6 is 0 Å². The minimum Gasteiger partial charge on any atom is -0.394 e. The van der Waals surface area contributed by atoms with E-state index in [0.717, 1.165) is 12.8 Å². The molecule has 0 radical (unpaired) electrons. The summed E-state index contributed by atoms with van der Waals surface area (Å²) in [6.07, 6.45) is 4.18. The van der Waals surface area contributed by atoms with Gasteiger partial charge in [-0.2, -0.15) is 0 Å². The molecule has 2 aliphatic rings. The first-order chi connectivity index (χ1) is 11.0. The monoisotopic (exact) mass is 332 g/mol. The standard InChI is InChI=1S/C17H32O6/c1-4-5-6-7-8-9-10-20-14-13(12(19)11-18)21-16-15(14)22-17(2,3)23-16/h12-16,18-19H,4-11H2,1-3H3/t12-,13-,14+,15-,16-/m1/s1. The second-order valence-electron chi connectivity index (χ2n) is 6.92. The van der Waals surface area contributed by atoms with Crippen LogP contribution in [0.5, 0.6) is 0 Å². The predicted molar refractivity (Wildman–Crippen MR) is 84.9 cm³/mol. The molecule has 0 aliphatic carbocycles. The normalized spacial score (nSPS) is 33.8. The molecular weight excluding hydrogens is 300 g/mol. The van der Waals surface area contributed by atoms with E-state index in [9.17, 15) is 10.2 Å². The van der Waals surface area contributed by atoms with Crippen LogP contribution in [0.25, 0.3) is 0 Å². The highest BCUT2D eigenvalue weighted by molar-refractivity contribution is 4.96. The Morgan fingerprint density at radius 1 is 1.09 bits per heavy atom. The van der Waals surface area contributed by atoms with Crippen LogP contribution in [0.4, 0.5) is 0 Å². The third-order valence-electron chi connectivity index (χ3n) is 4.40. The second-order valence-corrected chi connectivity index (χ2v) is 6.92. The fourth-order valence-electron chi connectivity index (χ4n) is 3.21. The third-order valence-corrected chi connectivity index (χ3v) is 4.40. The van der Waals surface area contributed by atoms with Gasteiger partial charge in [-0.05, 0) is 20.3 Å². The molecule has 2 saturated heterocycles. The Hall–Kier alpha value is -0.240. The molecule has 2 rings (SSSR count). The van der Waals surface area contributed by atoms with Gasteiger partial charge in [-0.15, -0.1) is 0 Å². The van der Waals surface area contributed by atoms with Crippen molar-refractivity contribution in [2.75, 3.05) is 13.2 Å². The number of rotatable bonds is 10. The topological polar surface area (TPSA) is 77.4 Å². The van der Waals surface area contributed by atoms with Crippen LogP contribution in [0.3, 0.4) is 0 Å². The van der Waals surface area contributed by atoms with Gasteiger partial charge in [-0.25, -0.2) is 0 Å². The van der Waals surface area contributed by atoms with Crippen LogP contribution < -0.4 is 0 Å². The van der Waals surface area contributed by atoms with Crippen LogP contribution in [0, 0.1) is 0 Å². The molecule has 2 heterocycles. The quantitative estimate of drug-likeness (QED) is 0.596. The first kappa shape index (κ1) is 19.1. The fourth-order valence-corrected chi connectivity index (χ4v) is 3.21. The van der Waals surface area contributed by atoms with E-state index in [0.29, 0.717) is 6.61 Å². The van der Waals surface area contributed by atoms with E-state index in [4.69, 9.17) is 18.9 Å². The van der Waals surface area contributed by atoms with Crippen molar-refractivity contribution in [1.82, 2.24) is 0 Å². The number of aliphatic hydroxyl groups is 2. The Morgan fingerprint density at radius 3 is 2.48 bits per heavy atom. The van der Waals surface area contributed by atoms with Crippen molar-refractivity contribution in [1.29, 1.82) is 0 Å². The number of hydrogen-bond donors (Lipinski definition) is 2. The Bertz CT molecular complexity index is 348. The average molecular weight is 332 g/mol. The van der Waals surface area contributed by atoms with E-state index in [1.165, 1.54) is 25.7 Å². The number of fused-ring (bicyclic) bond motifs is 1. The predicted octanol–water partition coefficient (Wildman–Crippen LogP) is 1.96. The van der Waals surface area contributed by atoms with Gasteiger partial charge >= 0.3 is 0 Å². The van der Waals surface area contributed by atoms with Gasteiger partial charge in [0, 0.05) is 6.61 Å². The van der Waals surface area contributed by atoms with Gasteiger partial charge in [-0.1, -0.05) is 39.0 Å². The molecular formula is C17H32O6. The van der Waals surface area contributed by atoms with Crippen LogP contribution in [-0.4, -0.2) is 59.9 Å². The maximum Gasteiger partial charge on any atom is 0.190 e. The lowest BCUT2D eigenvalue weighted by Gasteiger charge is -2.28. The van der Waals surface area contributed by atoms with Gasteiger partial charge in [0.05, 0.1) is 6.61 Å². The molecule has 2 aliphatic heterocycles. The van der Waals surface area contributed by atoms with Gasteiger partial charge in [0.25, 0.3) is 0 Å². The summed E-state index contributed by atoms with van der Waals surface area (Å²) < 4.78 is 23.2. The lowest BCUT2D eigenvalue weighted by atomic mass is 10.1. The maximum absolute atomic E-state index is 9.95. The minimum absolute atomic E-state index is 0.365. The summed E-state index contributed by atoms with van der Waals surface area (Å²) in [5, 5.41) is 19.2. The zero-order valence-electron chi connectivity index (χ0n) is 14.6. The summed E-state index contributed by atoms with van der Waals surface area (Å²) in [4.78, 5) is 0. The molecule has 0 unspecified atom stereocenters. The summed E-state index contributed by atoms with van der Waals surface area (Å²) in [5.41, 5.74) is 0. The third kappa shape index (κ3) is 5.11. The summed E-state index contributed by atoms with van der Waals surface area (Å²) in [5.74, 6) is -0.716. The summed E-state index contributed by atoms with van der Waals surface area (Å²) >= 11 is 0. The van der Waals surface area contributed by atoms with E-state index in [1.54, 1.807) is 0 Å². The SMILES string of the molecule is CCCCCCCCO[C@@H]1[C@H]2OC(C)(C)O[C@H]2O[C@@H]1[C@H](O)CO. The van der Waals surface area contributed by atoms with E-state index in [2.05, 4.69) is 6.92 Å². The maximum atomic E-state index is 9.95. The van der Waals surface area contributed by atoms with Crippen LogP contribution in [0.1, 0.15) is 59.3 Å². The first-order valence-electron chi connectivity index (χ1n) is 8.90. The number of hydrogen-bond acceptors (Lipinski definition) is 6. The largest absolute Gasteiger partial charge is 0.394 e. The van der Waals surface area contributed by atoms with Crippen molar-refractivity contribution < 1.29 is 29.2 Å². The van der Waals surface area contributed by atoms with Gasteiger partial charge in [-0.3, -0.25) is 0 Å². The summed E-state index contributed by atoms with van der Waals surface area (Å²) in [6.45, 7) is 6.09. The minimum atomic E-state index is -0.995. The van der Waals surface area contributed by atoms with Gasteiger partial charge < -0.3 is 29.2 Å². The van der Waals surface area contributed by atoms with E-state index in [1.807, 2.05) is 13.8 Å². The van der Waals surface area contributed by atoms with Crippen molar-refractivity contribution in [2.24, 2.45) is 0 Å². The van der Waals surface area contributed by atoms with Gasteiger partial charge in [0.15, 0.2) is 12.1 Å². The Morgan fingerprint density at radius 2 is 1.78 bits per heavy atom. The molecule has 0 bridgehead atoms. The molecule has 136 valence electrons. The van der Waals surface area contributed by atoms with Crippen LogP contribution in [-0.2, 0) is 18.9 Å². The zero-order chi connectivity index (χ0) is 16.9. The number of ether oxygens (including phenoxy) is 4. The molecule has 0 aromatic heterocycles. The summed E-state index contributed by atoms with van der Waals surface area (Å²) in [6, 6.07) is 0. The van der Waals surface area contributed by atoms with Crippen molar-refractivity contribution in [3.63, 3.8) is 0 Å². The van der Waals surface area contributed by atoms with Gasteiger partial charge in [0.2, 0.25) is 0 Å². The molecule has 6 heteroatoms. The molecule has 2 N–H and O–H groups in total. The Kier molecular flexibility index (Phi) is 7.25. The number of aliphatic hydroxyl groups excluding tert-OH is 2. The van der Waals surface area contributed by atoms with Crippen molar-refractivity contribution in [3.8, 4) is 0 Å². The molecule has 6 nitrogen and oxygen atoms in total. The molecule has 23 heavy (non-hydrogen) atoms. The molecule has 0 spiro atoms. The smallest absolute Gasteiger partial charge is 0.190 e. The molecule has 0 aromatic rings. The molecule has 2 fully saturated rings. The fraction of sp³-hybridized carbons (Fsp3) is 1.00. The van der Waals surface area contributed by atoms with E-state index < -0.39 is 30.4 Å². The number of unbranched alkanes of at least 4 members (excludes halogenated alkanes) is 5. The average Bonchev–Trinajstić information content (AvgIpc) is 2.98. The van der Waals surface area contributed by atoms with Crippen LogP contribution in [0.15, 0.2) is 0 Å². The summed E-state index contributed by atoms with van der Waals surface area (Å²) in [7, 11) is 0. The highest BCUT2D eigenvalue weighted by Crippen LogP contribution is 2.39. The molecule has 0 saturated carbocycles. The van der Waals surface area contributed by atoms with E-state index >= 15 is 0 Å². The lowest BCUT2D eigenvalue weighted by Crippen LogP contribution is -2.44. The Balaban J connectivity index is 1.80. The van der Waals surface area contributed by atoms with Crippen molar-refractivity contribution >= 4 is 0 Å².